The summed E-state index contributed by atoms with van der Waals surface area (Å²) in [7, 11) is 0. The van der Waals surface area contributed by atoms with Crippen molar-refractivity contribution < 1.29 is 14.6 Å². The van der Waals surface area contributed by atoms with E-state index in [0.717, 1.165) is 17.5 Å². The van der Waals surface area contributed by atoms with Gasteiger partial charge in [0.15, 0.2) is 11.5 Å². The quantitative estimate of drug-likeness (QED) is 0.899. The lowest BCUT2D eigenvalue weighted by Gasteiger charge is -2.10. The van der Waals surface area contributed by atoms with Crippen LogP contribution in [0.25, 0.3) is 0 Å². The Morgan fingerprint density at radius 3 is 2.60 bits per heavy atom. The lowest BCUT2D eigenvalue weighted by atomic mass is 9.98. The van der Waals surface area contributed by atoms with Gasteiger partial charge in [-0.05, 0) is 30.0 Å². The van der Waals surface area contributed by atoms with E-state index in [2.05, 4.69) is 13.8 Å². The monoisotopic (exact) mass is 270 g/mol. The first-order valence-corrected chi connectivity index (χ1v) is 6.94. The van der Waals surface area contributed by atoms with E-state index in [1.807, 2.05) is 36.4 Å². The number of aromatic hydroxyl groups is 1. The second kappa shape index (κ2) is 5.08. The van der Waals surface area contributed by atoms with Gasteiger partial charge in [0.1, 0.15) is 0 Å². The summed E-state index contributed by atoms with van der Waals surface area (Å²) in [5.74, 6) is 1.59. The fourth-order valence-corrected chi connectivity index (χ4v) is 2.33. The van der Waals surface area contributed by atoms with Crippen molar-refractivity contribution in [3.63, 3.8) is 0 Å². The van der Waals surface area contributed by atoms with Crippen LogP contribution < -0.4 is 9.47 Å². The third kappa shape index (κ3) is 2.20. The van der Waals surface area contributed by atoms with Gasteiger partial charge in [-0.1, -0.05) is 44.2 Å². The molecule has 104 valence electrons. The third-order valence-electron chi connectivity index (χ3n) is 3.77. The van der Waals surface area contributed by atoms with Gasteiger partial charge in [0, 0.05) is 5.56 Å². The van der Waals surface area contributed by atoms with Gasteiger partial charge in [0.05, 0.1) is 0 Å². The molecule has 1 aliphatic heterocycles. The molecule has 0 fully saturated rings. The molecule has 3 rings (SSSR count). The molecule has 0 bridgehead atoms. The summed E-state index contributed by atoms with van der Waals surface area (Å²) in [5, 5.41) is 10.1. The summed E-state index contributed by atoms with van der Waals surface area (Å²) in [6, 6.07) is 13.5. The summed E-state index contributed by atoms with van der Waals surface area (Å²) in [6.45, 7) is 4.25. The van der Waals surface area contributed by atoms with Gasteiger partial charge in [0.2, 0.25) is 5.75 Å². The van der Waals surface area contributed by atoms with Crippen LogP contribution in [0.4, 0.5) is 0 Å². The van der Waals surface area contributed by atoms with Crippen molar-refractivity contribution in [1.82, 2.24) is 0 Å². The van der Waals surface area contributed by atoms with Crippen LogP contribution in [0.3, 0.4) is 0 Å². The molecule has 1 aliphatic rings. The molecule has 0 saturated heterocycles. The van der Waals surface area contributed by atoms with Crippen LogP contribution >= 0.6 is 0 Å². The molecule has 2 atom stereocenters. The SMILES string of the molecule is CCC(C)c1cc(O)c2c(c1)OC(c1ccccc1)O2. The highest BCUT2D eigenvalue weighted by Crippen LogP contribution is 2.48. The normalized spacial score (nSPS) is 18.0. The Hall–Kier alpha value is -2.16. The Balaban J connectivity index is 1.92. The predicted octanol–water partition coefficient (Wildman–Crippen LogP) is 4.38. The van der Waals surface area contributed by atoms with Crippen molar-refractivity contribution in [2.75, 3.05) is 0 Å². The van der Waals surface area contributed by atoms with Gasteiger partial charge in [0.25, 0.3) is 6.29 Å². The van der Waals surface area contributed by atoms with Crippen molar-refractivity contribution in [3.05, 3.63) is 53.6 Å². The molecule has 2 aromatic carbocycles. The maximum atomic E-state index is 10.1. The van der Waals surface area contributed by atoms with Crippen LogP contribution in [0.2, 0.25) is 0 Å². The third-order valence-corrected chi connectivity index (χ3v) is 3.77. The first-order valence-electron chi connectivity index (χ1n) is 6.94. The summed E-state index contributed by atoms with van der Waals surface area (Å²) < 4.78 is 11.5. The molecular formula is C17H18O3. The minimum absolute atomic E-state index is 0.149. The molecule has 3 nitrogen and oxygen atoms in total. The maximum absolute atomic E-state index is 10.1. The van der Waals surface area contributed by atoms with E-state index < -0.39 is 6.29 Å². The molecule has 0 radical (unpaired) electrons. The molecule has 0 amide bonds. The topological polar surface area (TPSA) is 38.7 Å². The Morgan fingerprint density at radius 1 is 1.15 bits per heavy atom. The van der Waals surface area contributed by atoms with Gasteiger partial charge < -0.3 is 14.6 Å². The number of ether oxygens (including phenoxy) is 2. The smallest absolute Gasteiger partial charge is 0.268 e. The van der Waals surface area contributed by atoms with Crippen LogP contribution in [0, 0.1) is 0 Å². The molecule has 0 saturated carbocycles. The second-order valence-electron chi connectivity index (χ2n) is 5.15. The first-order chi connectivity index (χ1) is 9.69. The zero-order valence-electron chi connectivity index (χ0n) is 11.7. The van der Waals surface area contributed by atoms with Crippen LogP contribution in [0.15, 0.2) is 42.5 Å². The largest absolute Gasteiger partial charge is 0.504 e. The van der Waals surface area contributed by atoms with E-state index in [4.69, 9.17) is 9.47 Å². The number of hydrogen-bond donors (Lipinski definition) is 1. The van der Waals surface area contributed by atoms with E-state index in [1.165, 1.54) is 0 Å². The van der Waals surface area contributed by atoms with Crippen molar-refractivity contribution in [1.29, 1.82) is 0 Å². The molecule has 2 unspecified atom stereocenters. The Morgan fingerprint density at radius 2 is 1.90 bits per heavy atom. The van der Waals surface area contributed by atoms with Crippen LogP contribution in [-0.2, 0) is 0 Å². The molecule has 1 heterocycles. The number of fused-ring (bicyclic) bond motifs is 1. The van der Waals surface area contributed by atoms with E-state index in [0.29, 0.717) is 17.4 Å². The number of phenols is 1. The average molecular weight is 270 g/mol. The standard InChI is InChI=1S/C17H18O3/c1-3-11(2)13-9-14(18)16-15(10-13)19-17(20-16)12-7-5-4-6-8-12/h4-11,17-18H,3H2,1-2H3. The van der Waals surface area contributed by atoms with Gasteiger partial charge in [-0.25, -0.2) is 0 Å². The Bertz CT molecular complexity index is 607. The summed E-state index contributed by atoms with van der Waals surface area (Å²) >= 11 is 0. The zero-order valence-corrected chi connectivity index (χ0v) is 11.7. The molecule has 0 aliphatic carbocycles. The number of benzene rings is 2. The number of phenolic OH excluding ortho intramolecular Hbond substituents is 1. The lowest BCUT2D eigenvalue weighted by Crippen LogP contribution is -2.07. The van der Waals surface area contributed by atoms with Gasteiger partial charge in [-0.3, -0.25) is 0 Å². The van der Waals surface area contributed by atoms with Gasteiger partial charge in [-0.2, -0.15) is 0 Å². The highest BCUT2D eigenvalue weighted by Gasteiger charge is 2.29. The highest BCUT2D eigenvalue weighted by atomic mass is 16.7. The maximum Gasteiger partial charge on any atom is 0.268 e. The summed E-state index contributed by atoms with van der Waals surface area (Å²) in [5.41, 5.74) is 2.01. The minimum Gasteiger partial charge on any atom is -0.504 e. The predicted molar refractivity (Wildman–Crippen MR) is 77.3 cm³/mol. The number of hydrogen-bond acceptors (Lipinski definition) is 3. The Kier molecular flexibility index (Phi) is 3.26. The van der Waals surface area contributed by atoms with Gasteiger partial charge in [-0.15, -0.1) is 0 Å². The van der Waals surface area contributed by atoms with Crippen LogP contribution in [0.1, 0.15) is 43.6 Å². The fraction of sp³-hybridized carbons (Fsp3) is 0.294. The first kappa shape index (κ1) is 12.9. The van der Waals surface area contributed by atoms with Crippen LogP contribution in [-0.4, -0.2) is 5.11 Å². The van der Waals surface area contributed by atoms with Crippen LogP contribution in [0.5, 0.6) is 17.2 Å². The van der Waals surface area contributed by atoms with Crippen molar-refractivity contribution in [2.24, 2.45) is 0 Å². The van der Waals surface area contributed by atoms with E-state index in [1.54, 1.807) is 6.07 Å². The molecular weight excluding hydrogens is 252 g/mol. The molecule has 0 aromatic heterocycles. The molecule has 20 heavy (non-hydrogen) atoms. The minimum atomic E-state index is -0.482. The highest BCUT2D eigenvalue weighted by molar-refractivity contribution is 5.55. The second-order valence-corrected chi connectivity index (χ2v) is 5.15. The molecule has 0 spiro atoms. The van der Waals surface area contributed by atoms with E-state index >= 15 is 0 Å². The van der Waals surface area contributed by atoms with Crippen molar-refractivity contribution in [2.45, 2.75) is 32.5 Å². The molecule has 3 heteroatoms. The Labute approximate surface area is 118 Å². The average Bonchev–Trinajstić information content (AvgIpc) is 2.92. The van der Waals surface area contributed by atoms with Crippen molar-refractivity contribution >= 4 is 0 Å². The van der Waals surface area contributed by atoms with E-state index in [-0.39, 0.29) is 5.75 Å². The summed E-state index contributed by atoms with van der Waals surface area (Å²) in [6.07, 6.45) is 0.533. The molecule has 2 aromatic rings. The number of rotatable bonds is 3. The lowest BCUT2D eigenvalue weighted by molar-refractivity contribution is 0.0474. The van der Waals surface area contributed by atoms with Gasteiger partial charge >= 0.3 is 0 Å². The zero-order chi connectivity index (χ0) is 14.1. The summed E-state index contributed by atoms with van der Waals surface area (Å²) in [4.78, 5) is 0. The fourth-order valence-electron chi connectivity index (χ4n) is 2.33. The molecule has 1 N–H and O–H groups in total. The van der Waals surface area contributed by atoms with E-state index in [9.17, 15) is 5.11 Å². The van der Waals surface area contributed by atoms with Crippen molar-refractivity contribution in [3.8, 4) is 17.2 Å².